The molecule has 0 heterocycles. The Bertz CT molecular complexity index is 724. The van der Waals surface area contributed by atoms with Crippen molar-refractivity contribution >= 4 is 34.8 Å². The minimum absolute atomic E-state index is 0.111. The van der Waals surface area contributed by atoms with Crippen LogP contribution in [0.5, 0.6) is 17.2 Å². The van der Waals surface area contributed by atoms with Gasteiger partial charge in [-0.25, -0.2) is 0 Å². The van der Waals surface area contributed by atoms with E-state index in [0.29, 0.717) is 38.5 Å². The van der Waals surface area contributed by atoms with Gasteiger partial charge in [0.15, 0.2) is 11.5 Å². The lowest BCUT2D eigenvalue weighted by atomic mass is 10.1. The molecule has 2 aromatic carbocycles. The van der Waals surface area contributed by atoms with Crippen LogP contribution in [0, 0.1) is 0 Å². The number of amides is 1. The van der Waals surface area contributed by atoms with Crippen LogP contribution >= 0.6 is 23.2 Å². The quantitative estimate of drug-likeness (QED) is 0.828. The van der Waals surface area contributed by atoms with Gasteiger partial charge in [0.2, 0.25) is 11.7 Å². The smallest absolute Gasteiger partial charge is 0.228 e. The van der Waals surface area contributed by atoms with Gasteiger partial charge in [-0.05, 0) is 29.8 Å². The minimum atomic E-state index is -0.242. The number of rotatable bonds is 6. The number of ether oxygens (including phenoxy) is 3. The normalized spacial score (nSPS) is 10.2. The Labute approximate surface area is 150 Å². The number of methoxy groups -OCH3 is 3. The van der Waals surface area contributed by atoms with Crippen molar-refractivity contribution in [3.63, 3.8) is 0 Å². The number of benzene rings is 2. The van der Waals surface area contributed by atoms with Crippen LogP contribution in [0.3, 0.4) is 0 Å². The maximum absolute atomic E-state index is 12.3. The molecule has 0 aromatic heterocycles. The first-order valence-electron chi connectivity index (χ1n) is 7.03. The fourth-order valence-corrected chi connectivity index (χ4v) is 2.57. The monoisotopic (exact) mass is 369 g/mol. The van der Waals surface area contributed by atoms with Gasteiger partial charge in [0.1, 0.15) is 0 Å². The third kappa shape index (κ3) is 4.04. The Balaban J connectivity index is 2.21. The zero-order valence-electron chi connectivity index (χ0n) is 13.5. The molecular formula is C17H17Cl2NO4. The predicted molar refractivity (Wildman–Crippen MR) is 94.9 cm³/mol. The molecule has 0 unspecified atom stereocenters. The molecule has 0 aliphatic carbocycles. The second-order valence-corrected chi connectivity index (χ2v) is 5.65. The first-order valence-corrected chi connectivity index (χ1v) is 7.78. The Morgan fingerprint density at radius 3 is 2.21 bits per heavy atom. The number of hydrogen-bond acceptors (Lipinski definition) is 4. The number of halogens is 2. The number of carbonyl (C=O) groups is 1. The lowest BCUT2D eigenvalue weighted by Crippen LogP contribution is -2.15. The van der Waals surface area contributed by atoms with Crippen molar-refractivity contribution in [1.82, 2.24) is 0 Å². The highest BCUT2D eigenvalue weighted by molar-refractivity contribution is 6.43. The third-order valence-electron chi connectivity index (χ3n) is 3.31. The maximum atomic E-state index is 12.3. The van der Waals surface area contributed by atoms with Crippen LogP contribution in [0.1, 0.15) is 5.56 Å². The molecule has 2 aromatic rings. The van der Waals surface area contributed by atoms with Crippen LogP contribution < -0.4 is 19.5 Å². The van der Waals surface area contributed by atoms with Gasteiger partial charge in [-0.3, -0.25) is 4.79 Å². The van der Waals surface area contributed by atoms with E-state index in [1.807, 2.05) is 0 Å². The van der Waals surface area contributed by atoms with Gasteiger partial charge in [0.05, 0.1) is 43.5 Å². The summed E-state index contributed by atoms with van der Waals surface area (Å²) in [7, 11) is 4.56. The van der Waals surface area contributed by atoms with E-state index in [1.165, 1.54) is 21.3 Å². The van der Waals surface area contributed by atoms with Crippen molar-refractivity contribution in [3.8, 4) is 17.2 Å². The predicted octanol–water partition coefficient (Wildman–Crippen LogP) is 4.20. The van der Waals surface area contributed by atoms with Gasteiger partial charge < -0.3 is 19.5 Å². The van der Waals surface area contributed by atoms with Crippen molar-refractivity contribution in [2.45, 2.75) is 6.42 Å². The van der Waals surface area contributed by atoms with Gasteiger partial charge in [0.25, 0.3) is 0 Å². The van der Waals surface area contributed by atoms with Gasteiger partial charge in [-0.15, -0.1) is 0 Å². The van der Waals surface area contributed by atoms with Gasteiger partial charge >= 0.3 is 0 Å². The lowest BCUT2D eigenvalue weighted by molar-refractivity contribution is -0.115. The third-order valence-corrected chi connectivity index (χ3v) is 4.13. The van der Waals surface area contributed by atoms with Crippen LogP contribution in [-0.4, -0.2) is 27.2 Å². The number of hydrogen-bond donors (Lipinski definition) is 1. The van der Waals surface area contributed by atoms with Crippen LogP contribution in [0.2, 0.25) is 10.0 Å². The van der Waals surface area contributed by atoms with Gasteiger partial charge in [-0.2, -0.15) is 0 Å². The summed E-state index contributed by atoms with van der Waals surface area (Å²) in [5.74, 6) is 1.20. The number of anilines is 1. The summed E-state index contributed by atoms with van der Waals surface area (Å²) in [4.78, 5) is 12.3. The topological polar surface area (TPSA) is 56.8 Å². The summed E-state index contributed by atoms with van der Waals surface area (Å²) < 4.78 is 15.8. The summed E-state index contributed by atoms with van der Waals surface area (Å²) in [6.07, 6.45) is 0.111. The molecule has 0 bridgehead atoms. The standard InChI is InChI=1S/C17H17Cl2NO4/c1-22-13-7-10(8-14(23-2)17(13)24-3)9-15(21)20-12-6-4-5-11(18)16(12)19/h4-8H,9H2,1-3H3,(H,20,21). The van der Waals surface area contributed by atoms with E-state index in [1.54, 1.807) is 30.3 Å². The van der Waals surface area contributed by atoms with Crippen molar-refractivity contribution in [3.05, 3.63) is 45.9 Å². The molecule has 5 nitrogen and oxygen atoms in total. The van der Waals surface area contributed by atoms with Crippen LogP contribution in [0.25, 0.3) is 0 Å². The van der Waals surface area contributed by atoms with Crippen molar-refractivity contribution < 1.29 is 19.0 Å². The molecule has 0 aliphatic heterocycles. The van der Waals surface area contributed by atoms with E-state index in [0.717, 1.165) is 0 Å². The molecule has 0 fully saturated rings. The molecule has 0 spiro atoms. The molecule has 0 atom stereocenters. The fraction of sp³-hybridized carbons (Fsp3) is 0.235. The average molecular weight is 370 g/mol. The first-order chi connectivity index (χ1) is 11.5. The molecule has 0 aliphatic rings. The maximum Gasteiger partial charge on any atom is 0.228 e. The Morgan fingerprint density at radius 1 is 1.04 bits per heavy atom. The highest BCUT2D eigenvalue weighted by atomic mass is 35.5. The van der Waals surface area contributed by atoms with E-state index in [9.17, 15) is 4.79 Å². The largest absolute Gasteiger partial charge is 0.493 e. The highest BCUT2D eigenvalue weighted by Gasteiger charge is 2.15. The zero-order valence-corrected chi connectivity index (χ0v) is 15.0. The summed E-state index contributed by atoms with van der Waals surface area (Å²) in [5.41, 5.74) is 1.17. The molecule has 24 heavy (non-hydrogen) atoms. The lowest BCUT2D eigenvalue weighted by Gasteiger charge is -2.14. The molecule has 7 heteroatoms. The average Bonchev–Trinajstić information content (AvgIpc) is 2.57. The number of carbonyl (C=O) groups excluding carboxylic acids is 1. The van der Waals surface area contributed by atoms with E-state index < -0.39 is 0 Å². The molecule has 2 rings (SSSR count). The summed E-state index contributed by atoms with van der Waals surface area (Å²) in [6.45, 7) is 0. The fourth-order valence-electron chi connectivity index (χ4n) is 2.22. The summed E-state index contributed by atoms with van der Waals surface area (Å²) in [5, 5.41) is 3.42. The Morgan fingerprint density at radius 2 is 1.67 bits per heavy atom. The molecule has 0 saturated heterocycles. The molecular weight excluding hydrogens is 353 g/mol. The van der Waals surface area contributed by atoms with Gasteiger partial charge in [-0.1, -0.05) is 29.3 Å². The Kier molecular flexibility index (Phi) is 6.17. The number of nitrogens with one attached hydrogen (secondary N) is 1. The molecule has 1 N–H and O–H groups in total. The molecule has 128 valence electrons. The van der Waals surface area contributed by atoms with Crippen LogP contribution in [0.4, 0.5) is 5.69 Å². The van der Waals surface area contributed by atoms with Crippen molar-refractivity contribution in [1.29, 1.82) is 0 Å². The van der Waals surface area contributed by atoms with E-state index in [2.05, 4.69) is 5.32 Å². The highest BCUT2D eigenvalue weighted by Crippen LogP contribution is 2.38. The molecule has 0 radical (unpaired) electrons. The van der Waals surface area contributed by atoms with E-state index in [4.69, 9.17) is 37.4 Å². The van der Waals surface area contributed by atoms with Crippen LogP contribution in [0.15, 0.2) is 30.3 Å². The van der Waals surface area contributed by atoms with Crippen molar-refractivity contribution in [2.24, 2.45) is 0 Å². The second kappa shape index (κ2) is 8.13. The Hall–Kier alpha value is -2.11. The zero-order chi connectivity index (χ0) is 17.7. The van der Waals surface area contributed by atoms with Gasteiger partial charge in [0, 0.05) is 0 Å². The SMILES string of the molecule is COc1cc(CC(=O)Nc2cccc(Cl)c2Cl)cc(OC)c1OC. The van der Waals surface area contributed by atoms with E-state index >= 15 is 0 Å². The summed E-state index contributed by atoms with van der Waals surface area (Å²) >= 11 is 12.0. The van der Waals surface area contributed by atoms with Crippen LogP contribution in [-0.2, 0) is 11.2 Å². The summed E-state index contributed by atoms with van der Waals surface area (Å²) in [6, 6.07) is 8.49. The van der Waals surface area contributed by atoms with E-state index in [-0.39, 0.29) is 12.3 Å². The minimum Gasteiger partial charge on any atom is -0.493 e. The van der Waals surface area contributed by atoms with Crippen molar-refractivity contribution in [2.75, 3.05) is 26.6 Å². The molecule has 1 amide bonds. The molecule has 0 saturated carbocycles. The second-order valence-electron chi connectivity index (χ2n) is 4.86. The first kappa shape index (κ1) is 18.2.